The van der Waals surface area contributed by atoms with Crippen molar-refractivity contribution in [2.24, 2.45) is 0 Å². The molecule has 0 radical (unpaired) electrons. The molecule has 1 aliphatic rings. The number of benzene rings is 1. The van der Waals surface area contributed by atoms with Crippen LogP contribution in [0.3, 0.4) is 0 Å². The molecule has 1 aliphatic heterocycles. The van der Waals surface area contributed by atoms with Gasteiger partial charge in [0.25, 0.3) is 0 Å². The molecule has 0 aliphatic carbocycles. The summed E-state index contributed by atoms with van der Waals surface area (Å²) in [6, 6.07) is 5.83. The number of nitrogens with one attached hydrogen (secondary N) is 1. The van der Waals surface area contributed by atoms with E-state index in [4.69, 9.17) is 9.47 Å². The predicted octanol–water partition coefficient (Wildman–Crippen LogP) is 1.28. The number of aromatic hydroxyl groups is 1. The highest BCUT2D eigenvalue weighted by Crippen LogP contribution is 2.26. The number of phenols is 1. The van der Waals surface area contributed by atoms with E-state index < -0.39 is 0 Å². The van der Waals surface area contributed by atoms with E-state index in [0.717, 1.165) is 31.7 Å². The van der Waals surface area contributed by atoms with Gasteiger partial charge >= 0.3 is 0 Å². The fraction of sp³-hybridized carbons (Fsp3) is 0.500. The highest BCUT2D eigenvalue weighted by atomic mass is 16.5. The van der Waals surface area contributed by atoms with Crippen molar-refractivity contribution in [2.75, 3.05) is 20.3 Å². The monoisotopic (exact) mass is 223 g/mol. The van der Waals surface area contributed by atoms with Gasteiger partial charge in [0, 0.05) is 19.2 Å². The second-order valence-electron chi connectivity index (χ2n) is 3.95. The van der Waals surface area contributed by atoms with Crippen molar-refractivity contribution in [3.05, 3.63) is 23.8 Å². The van der Waals surface area contributed by atoms with E-state index in [9.17, 15) is 5.11 Å². The zero-order chi connectivity index (χ0) is 11.4. The minimum atomic E-state index is 0.176. The largest absolute Gasteiger partial charge is 0.504 e. The van der Waals surface area contributed by atoms with E-state index >= 15 is 0 Å². The molecule has 2 N–H and O–H groups in total. The zero-order valence-electron chi connectivity index (χ0n) is 9.40. The molecular weight excluding hydrogens is 206 g/mol. The molecule has 0 saturated carbocycles. The molecule has 16 heavy (non-hydrogen) atoms. The van der Waals surface area contributed by atoms with Gasteiger partial charge in [-0.25, -0.2) is 0 Å². The van der Waals surface area contributed by atoms with Gasteiger partial charge in [-0.2, -0.15) is 0 Å². The SMILES string of the molecule is COc1cc(CNC2CCOC2)ccc1O. The summed E-state index contributed by atoms with van der Waals surface area (Å²) < 4.78 is 10.3. The third-order valence-electron chi connectivity index (χ3n) is 2.77. The van der Waals surface area contributed by atoms with Gasteiger partial charge in [-0.15, -0.1) is 0 Å². The highest BCUT2D eigenvalue weighted by Gasteiger charge is 2.14. The Morgan fingerprint density at radius 2 is 2.44 bits per heavy atom. The first-order chi connectivity index (χ1) is 7.79. The average molecular weight is 223 g/mol. The lowest BCUT2D eigenvalue weighted by molar-refractivity contribution is 0.190. The van der Waals surface area contributed by atoms with E-state index in [1.165, 1.54) is 0 Å². The predicted molar refractivity (Wildman–Crippen MR) is 60.7 cm³/mol. The molecule has 0 amide bonds. The Morgan fingerprint density at radius 1 is 1.56 bits per heavy atom. The molecule has 1 atom stereocenters. The highest BCUT2D eigenvalue weighted by molar-refractivity contribution is 5.41. The number of ether oxygens (including phenoxy) is 2. The summed E-state index contributed by atoms with van der Waals surface area (Å²) in [6.07, 6.45) is 1.06. The maximum atomic E-state index is 9.45. The van der Waals surface area contributed by atoms with Gasteiger partial charge in [-0.05, 0) is 24.1 Å². The number of rotatable bonds is 4. The molecule has 1 aromatic carbocycles. The van der Waals surface area contributed by atoms with E-state index in [1.807, 2.05) is 12.1 Å². The summed E-state index contributed by atoms with van der Waals surface area (Å²) in [7, 11) is 1.55. The van der Waals surface area contributed by atoms with Crippen molar-refractivity contribution in [1.82, 2.24) is 5.32 Å². The van der Waals surface area contributed by atoms with Gasteiger partial charge in [0.1, 0.15) is 0 Å². The number of phenolic OH excluding ortho intramolecular Hbond substituents is 1. The molecule has 0 bridgehead atoms. The molecule has 1 unspecified atom stereocenters. The summed E-state index contributed by atoms with van der Waals surface area (Å²) in [6.45, 7) is 2.40. The van der Waals surface area contributed by atoms with Gasteiger partial charge < -0.3 is 19.9 Å². The van der Waals surface area contributed by atoms with E-state index in [-0.39, 0.29) is 5.75 Å². The Morgan fingerprint density at radius 3 is 3.12 bits per heavy atom. The maximum Gasteiger partial charge on any atom is 0.160 e. The molecule has 4 nitrogen and oxygen atoms in total. The quantitative estimate of drug-likeness (QED) is 0.807. The summed E-state index contributed by atoms with van der Waals surface area (Å²) in [5.74, 6) is 0.692. The lowest BCUT2D eigenvalue weighted by Gasteiger charge is -2.11. The summed E-state index contributed by atoms with van der Waals surface area (Å²) in [5, 5.41) is 12.9. The fourth-order valence-corrected chi connectivity index (χ4v) is 1.79. The van der Waals surface area contributed by atoms with Crippen molar-refractivity contribution < 1.29 is 14.6 Å². The van der Waals surface area contributed by atoms with Gasteiger partial charge in [0.05, 0.1) is 13.7 Å². The normalized spacial score (nSPS) is 19.9. The lowest BCUT2D eigenvalue weighted by atomic mass is 10.2. The third kappa shape index (κ3) is 2.65. The molecule has 2 rings (SSSR count). The minimum Gasteiger partial charge on any atom is -0.504 e. The van der Waals surface area contributed by atoms with Crippen molar-refractivity contribution in [3.63, 3.8) is 0 Å². The molecule has 1 heterocycles. The Kier molecular flexibility index (Phi) is 3.64. The van der Waals surface area contributed by atoms with Crippen LogP contribution in [0.5, 0.6) is 11.5 Å². The van der Waals surface area contributed by atoms with Crippen LogP contribution in [0.1, 0.15) is 12.0 Å². The van der Waals surface area contributed by atoms with Gasteiger partial charge in [-0.1, -0.05) is 6.07 Å². The standard InChI is InChI=1S/C12H17NO3/c1-15-12-6-9(2-3-11(12)14)7-13-10-4-5-16-8-10/h2-3,6,10,13-14H,4-5,7-8H2,1H3. The smallest absolute Gasteiger partial charge is 0.160 e. The third-order valence-corrected chi connectivity index (χ3v) is 2.77. The molecule has 1 saturated heterocycles. The van der Waals surface area contributed by atoms with Crippen LogP contribution < -0.4 is 10.1 Å². The molecular formula is C12H17NO3. The van der Waals surface area contributed by atoms with E-state index in [0.29, 0.717) is 11.8 Å². The molecule has 4 heteroatoms. The Hall–Kier alpha value is -1.26. The van der Waals surface area contributed by atoms with Gasteiger partial charge in [-0.3, -0.25) is 0 Å². The van der Waals surface area contributed by atoms with Crippen molar-refractivity contribution in [3.8, 4) is 11.5 Å². The topological polar surface area (TPSA) is 50.7 Å². The van der Waals surface area contributed by atoms with Crippen molar-refractivity contribution in [1.29, 1.82) is 0 Å². The molecule has 88 valence electrons. The van der Waals surface area contributed by atoms with Crippen LogP contribution in [0.15, 0.2) is 18.2 Å². The Labute approximate surface area is 95.2 Å². The first-order valence-corrected chi connectivity index (χ1v) is 5.46. The summed E-state index contributed by atoms with van der Waals surface area (Å²) >= 11 is 0. The zero-order valence-corrected chi connectivity index (χ0v) is 9.40. The van der Waals surface area contributed by atoms with Crippen LogP contribution in [-0.4, -0.2) is 31.5 Å². The Bertz CT molecular complexity index is 348. The first kappa shape index (κ1) is 11.2. The fourth-order valence-electron chi connectivity index (χ4n) is 1.79. The molecule has 1 fully saturated rings. The van der Waals surface area contributed by atoms with Crippen molar-refractivity contribution >= 4 is 0 Å². The number of hydrogen-bond acceptors (Lipinski definition) is 4. The average Bonchev–Trinajstić information content (AvgIpc) is 2.81. The number of methoxy groups -OCH3 is 1. The molecule has 1 aromatic rings. The second-order valence-corrected chi connectivity index (χ2v) is 3.95. The number of hydrogen-bond donors (Lipinski definition) is 2. The Balaban J connectivity index is 1.93. The van der Waals surface area contributed by atoms with Crippen LogP contribution in [0.2, 0.25) is 0 Å². The van der Waals surface area contributed by atoms with Gasteiger partial charge in [0.2, 0.25) is 0 Å². The molecule has 0 aromatic heterocycles. The van der Waals surface area contributed by atoms with E-state index in [2.05, 4.69) is 5.32 Å². The summed E-state index contributed by atoms with van der Waals surface area (Å²) in [5.41, 5.74) is 1.10. The lowest BCUT2D eigenvalue weighted by Crippen LogP contribution is -2.28. The first-order valence-electron chi connectivity index (χ1n) is 5.46. The molecule has 0 spiro atoms. The maximum absolute atomic E-state index is 9.45. The van der Waals surface area contributed by atoms with Crippen molar-refractivity contribution in [2.45, 2.75) is 19.0 Å². The van der Waals surface area contributed by atoms with Crippen LogP contribution >= 0.6 is 0 Å². The minimum absolute atomic E-state index is 0.176. The van der Waals surface area contributed by atoms with Gasteiger partial charge in [0.15, 0.2) is 11.5 Å². The second kappa shape index (κ2) is 5.18. The van der Waals surface area contributed by atoms with Crippen LogP contribution in [0.25, 0.3) is 0 Å². The summed E-state index contributed by atoms with van der Waals surface area (Å²) in [4.78, 5) is 0. The van der Waals surface area contributed by atoms with Crippen LogP contribution in [0, 0.1) is 0 Å². The van der Waals surface area contributed by atoms with E-state index in [1.54, 1.807) is 13.2 Å². The van der Waals surface area contributed by atoms with Crippen LogP contribution in [0.4, 0.5) is 0 Å². The van der Waals surface area contributed by atoms with Crippen LogP contribution in [-0.2, 0) is 11.3 Å².